The molecule has 0 radical (unpaired) electrons. The van der Waals surface area contributed by atoms with Crippen molar-refractivity contribution in [2.24, 2.45) is 0 Å². The lowest BCUT2D eigenvalue weighted by Crippen LogP contribution is -2.39. The number of hydrogen-bond acceptors (Lipinski definition) is 9. The summed E-state index contributed by atoms with van der Waals surface area (Å²) in [6, 6.07) is 39.1. The third kappa shape index (κ3) is 11.5. The molecule has 0 bridgehead atoms. The van der Waals surface area contributed by atoms with Crippen LogP contribution in [0.5, 0.6) is 0 Å². The van der Waals surface area contributed by atoms with Crippen molar-refractivity contribution in [3.8, 4) is 17.1 Å². The molecule has 5 aromatic carbocycles. The van der Waals surface area contributed by atoms with Gasteiger partial charge in [-0.15, -0.1) is 0 Å². The van der Waals surface area contributed by atoms with Gasteiger partial charge in [-0.05, 0) is 60.7 Å². The van der Waals surface area contributed by atoms with E-state index in [1.807, 2.05) is 0 Å². The van der Waals surface area contributed by atoms with Gasteiger partial charge in [-0.1, -0.05) is 78.9 Å². The first-order valence-corrected chi connectivity index (χ1v) is 18.7. The highest BCUT2D eigenvalue weighted by atomic mass is 32.3. The molecule has 12 nitrogen and oxygen atoms in total. The van der Waals surface area contributed by atoms with Gasteiger partial charge in [0, 0.05) is 5.69 Å². The number of imidazole rings is 2. The van der Waals surface area contributed by atoms with Crippen LogP contribution in [-0.4, -0.2) is 56.8 Å². The summed E-state index contributed by atoms with van der Waals surface area (Å²) < 4.78 is 144. The van der Waals surface area contributed by atoms with E-state index in [1.54, 1.807) is 140 Å². The van der Waals surface area contributed by atoms with Crippen molar-refractivity contribution in [1.29, 1.82) is 0 Å². The highest BCUT2D eigenvalue weighted by Gasteiger charge is 2.48. The highest BCUT2D eigenvalue weighted by molar-refractivity contribution is 7.81. The Morgan fingerprint density at radius 1 is 0.561 bits per heavy atom. The second-order valence-corrected chi connectivity index (χ2v) is 13.7. The van der Waals surface area contributed by atoms with Gasteiger partial charge in [0.1, 0.15) is 11.4 Å². The van der Waals surface area contributed by atoms with Crippen LogP contribution in [0.4, 0.5) is 26.3 Å². The molecular formula is C37H32F6N4O8S2. The van der Waals surface area contributed by atoms with E-state index in [4.69, 9.17) is 0 Å². The lowest BCUT2D eigenvalue weighted by molar-refractivity contribution is -0.595. The largest absolute Gasteiger partial charge is 0.726 e. The van der Waals surface area contributed by atoms with Crippen LogP contribution in [0.25, 0.3) is 39.1 Å². The molecule has 2 heterocycles. The number of fused-ring (bicyclic) bond motifs is 2. The summed E-state index contributed by atoms with van der Waals surface area (Å²) in [6.45, 7) is 0. The summed E-state index contributed by atoms with van der Waals surface area (Å²) >= 11 is 0. The number of alkyl halides is 6. The van der Waals surface area contributed by atoms with Gasteiger partial charge in [-0.2, -0.15) is 43.9 Å². The molecule has 7 aromatic rings. The number of rotatable bonds is 6. The number of para-hydroxylation sites is 7. The van der Waals surface area contributed by atoms with Gasteiger partial charge >= 0.3 is 28.6 Å². The van der Waals surface area contributed by atoms with Gasteiger partial charge in [0.15, 0.2) is 11.0 Å². The zero-order valence-electron chi connectivity index (χ0n) is 29.9. The summed E-state index contributed by atoms with van der Waals surface area (Å²) in [5, 5.41) is 0. The summed E-state index contributed by atoms with van der Waals surface area (Å²) in [4.78, 5) is 3.70. The topological polar surface area (TPSA) is 146 Å². The van der Waals surface area contributed by atoms with Crippen molar-refractivity contribution < 1.29 is 64.8 Å². The molecule has 7 rings (SSSR count). The summed E-state index contributed by atoms with van der Waals surface area (Å²) in [6.07, 6.45) is -9.01. The van der Waals surface area contributed by atoms with Crippen LogP contribution < -0.4 is 4.57 Å². The molecule has 20 heteroatoms. The summed E-state index contributed by atoms with van der Waals surface area (Å²) in [5.74, 6) is -1.63. The van der Waals surface area contributed by atoms with Crippen LogP contribution >= 0.6 is 0 Å². The summed E-state index contributed by atoms with van der Waals surface area (Å²) in [5.41, 5.74) is 3.18. The van der Waals surface area contributed by atoms with E-state index in [0.29, 0.717) is 39.1 Å². The van der Waals surface area contributed by atoms with Crippen LogP contribution in [0.2, 0.25) is 0 Å². The molecule has 2 aromatic heterocycles. The maximum Gasteiger partial charge on any atom is 0.496 e. The molecule has 0 aliphatic carbocycles. The second kappa shape index (κ2) is 18.5. The van der Waals surface area contributed by atoms with Gasteiger partial charge in [-0.25, -0.2) is 13.4 Å². The number of hydrogen-bond donors (Lipinski definition) is 0. The molecule has 0 unspecified atom stereocenters. The minimum Gasteiger partial charge on any atom is -0.726 e. The van der Waals surface area contributed by atoms with Crippen molar-refractivity contribution in [3.63, 3.8) is 0 Å². The Hall–Kier alpha value is -5.64. The smallest absolute Gasteiger partial charge is 0.496 e. The lowest BCUT2D eigenvalue weighted by Gasteiger charge is -2.11. The van der Waals surface area contributed by atoms with E-state index in [0.717, 1.165) is 25.9 Å². The molecule has 0 saturated carbocycles. The zero-order valence-corrected chi connectivity index (χ0v) is 31.6. The Kier molecular flexibility index (Phi) is 14.3. The lowest BCUT2D eigenvalue weighted by atomic mass is 10.2. The number of nitrogens with zero attached hydrogens (tertiary/aromatic N) is 4. The molecule has 0 saturated heterocycles. The molecule has 0 amide bonds. The van der Waals surface area contributed by atoms with E-state index < -0.39 is 44.8 Å². The maximum atomic E-state index is 14.1. The van der Waals surface area contributed by atoms with Gasteiger partial charge in [-0.3, -0.25) is 17.1 Å². The minimum atomic E-state index is -4.52. The number of halogens is 6. The van der Waals surface area contributed by atoms with E-state index in [-0.39, 0.29) is 0 Å². The molecule has 0 atom stereocenters. The fraction of sp³-hybridized carbons (Fsp3) is 0.135. The second-order valence-electron chi connectivity index (χ2n) is 11.1. The quantitative estimate of drug-likeness (QED) is 0.0716. The molecule has 302 valence electrons. The Morgan fingerprint density at radius 2 is 0.982 bits per heavy atom. The highest BCUT2D eigenvalue weighted by Crippen LogP contribution is 2.35. The molecule has 0 fully saturated rings. The maximum absolute atomic E-state index is 14.1. The van der Waals surface area contributed by atoms with E-state index in [2.05, 4.69) is 17.5 Å². The fourth-order valence-corrected chi connectivity index (χ4v) is 5.36. The van der Waals surface area contributed by atoms with Crippen LogP contribution in [0.15, 0.2) is 140 Å². The molecule has 57 heavy (non-hydrogen) atoms. The van der Waals surface area contributed by atoms with Gasteiger partial charge in [0.2, 0.25) is 16.2 Å². The molecule has 0 aliphatic heterocycles. The zero-order chi connectivity index (χ0) is 42.0. The van der Waals surface area contributed by atoms with E-state index in [9.17, 15) is 47.7 Å². The van der Waals surface area contributed by atoms with Crippen molar-refractivity contribution in [2.45, 2.75) is 12.4 Å². The molecular weight excluding hydrogens is 807 g/mol. The average Bonchev–Trinajstić information content (AvgIpc) is 3.77. The van der Waals surface area contributed by atoms with Gasteiger partial charge in [0.25, 0.3) is 0 Å². The number of benzene rings is 5. The SMILES string of the molecule is COS(=O)(=O)OC.COS(=O)(=O)[O-].FC(F)(F)c1n(-c2ccccc2)c2ccccc2[n+]1-c1ccccc1.FC(F)(F)c1nc2ccccc2n1-c1ccccc1. The first-order chi connectivity index (χ1) is 26.8. The molecule has 0 N–H and O–H groups in total. The van der Waals surface area contributed by atoms with E-state index >= 15 is 0 Å². The van der Waals surface area contributed by atoms with Crippen molar-refractivity contribution in [2.75, 3.05) is 21.3 Å². The van der Waals surface area contributed by atoms with Crippen LogP contribution in [-0.2, 0) is 45.7 Å². The first-order valence-electron chi connectivity index (χ1n) is 16.0. The standard InChI is InChI=1S/C20H14F3N2.C14H9F3N2.C2H6O4S.CH4O4S/c21-20(22,23)19-24(15-9-3-1-4-10-15)17-13-7-8-14-18(17)25(19)16-11-5-2-6-12-16;15-14(16,17)13-18-11-8-4-5-9-12(11)19(13)10-6-2-1-3-7-10;1-5-7(3,4)6-2;1-5-6(2,3)4/h1-14H;1-9H;1-2H3;1H3,(H,2,3,4)/q+1;;;/p-1. The third-order valence-corrected chi connectivity index (χ3v) is 8.74. The summed E-state index contributed by atoms with van der Waals surface area (Å²) in [7, 11) is -5.21. The molecule has 0 spiro atoms. The number of aromatic nitrogens is 4. The fourth-order valence-electron chi connectivity index (χ4n) is 5.22. The Balaban J connectivity index is 0.000000197. The van der Waals surface area contributed by atoms with Crippen LogP contribution in [0, 0.1) is 0 Å². The van der Waals surface area contributed by atoms with Crippen molar-refractivity contribution >= 4 is 42.9 Å². The first kappa shape index (κ1) is 44.1. The van der Waals surface area contributed by atoms with Crippen LogP contribution in [0.3, 0.4) is 0 Å². The minimum absolute atomic E-state index is 0.332. The van der Waals surface area contributed by atoms with Crippen LogP contribution in [0.1, 0.15) is 11.6 Å². The average molecular weight is 839 g/mol. The van der Waals surface area contributed by atoms with Gasteiger partial charge < -0.3 is 4.55 Å². The Morgan fingerprint density at radius 3 is 1.42 bits per heavy atom. The normalized spacial score (nSPS) is 11.8. The van der Waals surface area contributed by atoms with Crippen molar-refractivity contribution in [3.05, 3.63) is 151 Å². The van der Waals surface area contributed by atoms with Crippen molar-refractivity contribution in [1.82, 2.24) is 14.1 Å². The monoisotopic (exact) mass is 838 g/mol. The molecule has 0 aliphatic rings. The van der Waals surface area contributed by atoms with Gasteiger partial charge in [0.05, 0.1) is 32.4 Å². The Labute approximate surface area is 323 Å². The predicted molar refractivity (Wildman–Crippen MR) is 196 cm³/mol. The van der Waals surface area contributed by atoms with E-state index in [1.165, 1.54) is 9.13 Å². The third-order valence-electron chi connectivity index (χ3n) is 7.51. The Bertz CT molecular complexity index is 2520. The predicted octanol–water partition coefficient (Wildman–Crippen LogP) is 7.59.